The van der Waals surface area contributed by atoms with Gasteiger partial charge in [0.15, 0.2) is 0 Å². The molecule has 0 bridgehead atoms. The third-order valence-electron chi connectivity index (χ3n) is 3.91. The fraction of sp³-hybridized carbons (Fsp3) is 0.923. The molecule has 1 atom stereocenters. The maximum Gasteiger partial charge on any atom is 0.240 e. The van der Waals surface area contributed by atoms with Gasteiger partial charge in [0.25, 0.3) is 0 Å². The zero-order valence-corrected chi connectivity index (χ0v) is 10.5. The Hall–Kier alpha value is -0.570. The average molecular weight is 224 g/mol. The molecular formula is C13H24N2O. The quantitative estimate of drug-likeness (QED) is 0.794. The highest BCUT2D eigenvalue weighted by Crippen LogP contribution is 2.21. The van der Waals surface area contributed by atoms with Crippen LogP contribution in [0.25, 0.3) is 0 Å². The van der Waals surface area contributed by atoms with Gasteiger partial charge in [-0.1, -0.05) is 19.3 Å². The molecule has 1 heterocycles. The summed E-state index contributed by atoms with van der Waals surface area (Å²) in [6.07, 6.45) is 7.53. The number of rotatable bonds is 3. The second-order valence-corrected chi connectivity index (χ2v) is 5.47. The van der Waals surface area contributed by atoms with E-state index in [9.17, 15) is 4.79 Å². The molecule has 1 saturated carbocycles. The molecule has 2 rings (SSSR count). The Labute approximate surface area is 98.6 Å². The van der Waals surface area contributed by atoms with Gasteiger partial charge in [-0.25, -0.2) is 0 Å². The molecule has 16 heavy (non-hydrogen) atoms. The first-order chi connectivity index (χ1) is 7.68. The highest BCUT2D eigenvalue weighted by Gasteiger charge is 2.34. The number of hydrogen-bond acceptors (Lipinski definition) is 2. The Morgan fingerprint density at radius 2 is 1.88 bits per heavy atom. The smallest absolute Gasteiger partial charge is 0.240 e. The first kappa shape index (κ1) is 11.9. The van der Waals surface area contributed by atoms with E-state index in [1.165, 1.54) is 32.1 Å². The van der Waals surface area contributed by atoms with E-state index in [2.05, 4.69) is 19.2 Å². The molecule has 2 aliphatic rings. The number of likely N-dealkylation sites (tertiary alicyclic amines) is 1. The Balaban J connectivity index is 1.84. The molecule has 1 aliphatic heterocycles. The second-order valence-electron chi connectivity index (χ2n) is 5.47. The number of carbonyl (C=O) groups is 1. The Bertz CT molecular complexity index is 246. The van der Waals surface area contributed by atoms with Crippen molar-refractivity contribution in [1.29, 1.82) is 0 Å². The largest absolute Gasteiger partial charge is 0.339 e. The average Bonchev–Trinajstić information content (AvgIpc) is 2.62. The first-order valence-electron chi connectivity index (χ1n) is 6.75. The molecule has 1 aliphatic carbocycles. The van der Waals surface area contributed by atoms with E-state index < -0.39 is 0 Å². The van der Waals surface area contributed by atoms with Crippen molar-refractivity contribution in [2.45, 2.75) is 70.5 Å². The maximum absolute atomic E-state index is 12.1. The van der Waals surface area contributed by atoms with Crippen molar-refractivity contribution in [3.63, 3.8) is 0 Å². The monoisotopic (exact) mass is 224 g/mol. The second kappa shape index (κ2) is 5.17. The van der Waals surface area contributed by atoms with Crippen LogP contribution in [0.1, 0.15) is 52.4 Å². The molecule has 3 heteroatoms. The summed E-state index contributed by atoms with van der Waals surface area (Å²) in [5.41, 5.74) is 0. The van der Waals surface area contributed by atoms with E-state index in [-0.39, 0.29) is 6.04 Å². The SMILES string of the molecule is CC(C)N1CCC(NC2CCCCC2)C1=O. The van der Waals surface area contributed by atoms with Crippen LogP contribution in [0.4, 0.5) is 0 Å². The summed E-state index contributed by atoms with van der Waals surface area (Å²) in [6.45, 7) is 5.13. The van der Waals surface area contributed by atoms with Gasteiger partial charge in [-0.2, -0.15) is 0 Å². The van der Waals surface area contributed by atoms with Crippen LogP contribution in [0.15, 0.2) is 0 Å². The highest BCUT2D eigenvalue weighted by atomic mass is 16.2. The maximum atomic E-state index is 12.1. The Morgan fingerprint density at radius 3 is 2.44 bits per heavy atom. The highest BCUT2D eigenvalue weighted by molar-refractivity contribution is 5.84. The molecule has 0 radical (unpaired) electrons. The van der Waals surface area contributed by atoms with Crippen molar-refractivity contribution in [2.24, 2.45) is 0 Å². The normalized spacial score (nSPS) is 28.1. The van der Waals surface area contributed by atoms with Crippen molar-refractivity contribution in [3.05, 3.63) is 0 Å². The topological polar surface area (TPSA) is 32.3 Å². The van der Waals surface area contributed by atoms with E-state index in [1.807, 2.05) is 4.90 Å². The number of nitrogens with zero attached hydrogens (tertiary/aromatic N) is 1. The third kappa shape index (κ3) is 2.57. The van der Waals surface area contributed by atoms with Crippen LogP contribution in [0, 0.1) is 0 Å². The zero-order chi connectivity index (χ0) is 11.5. The van der Waals surface area contributed by atoms with Gasteiger partial charge in [-0.05, 0) is 33.1 Å². The third-order valence-corrected chi connectivity index (χ3v) is 3.91. The van der Waals surface area contributed by atoms with Crippen molar-refractivity contribution < 1.29 is 4.79 Å². The molecule has 92 valence electrons. The minimum Gasteiger partial charge on any atom is -0.339 e. The summed E-state index contributed by atoms with van der Waals surface area (Å²) < 4.78 is 0. The van der Waals surface area contributed by atoms with Gasteiger partial charge in [0.05, 0.1) is 6.04 Å². The molecule has 1 saturated heterocycles. The summed E-state index contributed by atoms with van der Waals surface area (Å²) in [6, 6.07) is 1.05. The Kier molecular flexibility index (Phi) is 3.85. The predicted molar refractivity (Wildman–Crippen MR) is 65.3 cm³/mol. The fourth-order valence-electron chi connectivity index (χ4n) is 2.92. The lowest BCUT2D eigenvalue weighted by molar-refractivity contribution is -0.131. The van der Waals surface area contributed by atoms with Crippen LogP contribution in [0.3, 0.4) is 0 Å². The zero-order valence-electron chi connectivity index (χ0n) is 10.5. The molecular weight excluding hydrogens is 200 g/mol. The fourth-order valence-corrected chi connectivity index (χ4v) is 2.92. The molecule has 1 unspecified atom stereocenters. The molecule has 2 fully saturated rings. The summed E-state index contributed by atoms with van der Waals surface area (Å²) in [5.74, 6) is 0.320. The lowest BCUT2D eigenvalue weighted by Gasteiger charge is -2.26. The van der Waals surface area contributed by atoms with Gasteiger partial charge in [0.1, 0.15) is 0 Å². The van der Waals surface area contributed by atoms with Crippen LogP contribution in [0.5, 0.6) is 0 Å². The van der Waals surface area contributed by atoms with E-state index in [1.54, 1.807) is 0 Å². The minimum absolute atomic E-state index is 0.102. The summed E-state index contributed by atoms with van der Waals surface area (Å²) in [7, 11) is 0. The molecule has 3 nitrogen and oxygen atoms in total. The Morgan fingerprint density at radius 1 is 1.19 bits per heavy atom. The summed E-state index contributed by atoms with van der Waals surface area (Å²) in [5, 5.41) is 3.56. The van der Waals surface area contributed by atoms with Crippen molar-refractivity contribution >= 4 is 5.91 Å². The van der Waals surface area contributed by atoms with Gasteiger partial charge < -0.3 is 10.2 Å². The standard InChI is InChI=1S/C13H24N2O/c1-10(2)15-9-8-12(13(15)16)14-11-6-4-3-5-7-11/h10-12,14H,3-9H2,1-2H3. The van der Waals surface area contributed by atoms with Crippen LogP contribution in [0.2, 0.25) is 0 Å². The van der Waals surface area contributed by atoms with Crippen LogP contribution in [-0.4, -0.2) is 35.5 Å². The van der Waals surface area contributed by atoms with Gasteiger partial charge in [0, 0.05) is 18.6 Å². The van der Waals surface area contributed by atoms with Gasteiger partial charge in [0.2, 0.25) is 5.91 Å². The number of carbonyl (C=O) groups excluding carboxylic acids is 1. The number of amides is 1. The summed E-state index contributed by atoms with van der Waals surface area (Å²) >= 11 is 0. The molecule has 1 amide bonds. The molecule has 0 aromatic rings. The number of nitrogens with one attached hydrogen (secondary N) is 1. The van der Waals surface area contributed by atoms with Crippen molar-refractivity contribution in [3.8, 4) is 0 Å². The van der Waals surface area contributed by atoms with Crippen LogP contribution < -0.4 is 5.32 Å². The molecule has 1 N–H and O–H groups in total. The van der Waals surface area contributed by atoms with Crippen molar-refractivity contribution in [1.82, 2.24) is 10.2 Å². The van der Waals surface area contributed by atoms with E-state index in [4.69, 9.17) is 0 Å². The van der Waals surface area contributed by atoms with Gasteiger partial charge in [-0.3, -0.25) is 4.79 Å². The van der Waals surface area contributed by atoms with Crippen LogP contribution in [-0.2, 0) is 4.79 Å². The number of hydrogen-bond donors (Lipinski definition) is 1. The molecule has 0 spiro atoms. The minimum atomic E-state index is 0.102. The van der Waals surface area contributed by atoms with Gasteiger partial charge >= 0.3 is 0 Å². The first-order valence-corrected chi connectivity index (χ1v) is 6.75. The van der Waals surface area contributed by atoms with Crippen LogP contribution >= 0.6 is 0 Å². The molecule has 0 aromatic carbocycles. The van der Waals surface area contributed by atoms with Crippen molar-refractivity contribution in [2.75, 3.05) is 6.54 Å². The lowest BCUT2D eigenvalue weighted by atomic mass is 9.95. The predicted octanol–water partition coefficient (Wildman–Crippen LogP) is 1.92. The van der Waals surface area contributed by atoms with Gasteiger partial charge in [-0.15, -0.1) is 0 Å². The molecule has 0 aromatic heterocycles. The lowest BCUT2D eigenvalue weighted by Crippen LogP contribution is -2.45. The van der Waals surface area contributed by atoms with E-state index in [0.717, 1.165) is 13.0 Å². The van der Waals surface area contributed by atoms with E-state index in [0.29, 0.717) is 18.0 Å². The van der Waals surface area contributed by atoms with E-state index >= 15 is 0 Å². The summed E-state index contributed by atoms with van der Waals surface area (Å²) in [4.78, 5) is 14.1.